The van der Waals surface area contributed by atoms with Gasteiger partial charge in [-0.2, -0.15) is 0 Å². The van der Waals surface area contributed by atoms with Crippen LogP contribution >= 0.6 is 0 Å². The second kappa shape index (κ2) is 17.4. The van der Waals surface area contributed by atoms with E-state index < -0.39 is 0 Å². The van der Waals surface area contributed by atoms with E-state index in [1.165, 1.54) is 32.6 Å². The molecule has 2 aromatic heterocycles. The minimum Gasteiger partial charge on any atom is -0.310 e. The van der Waals surface area contributed by atoms with Crippen molar-refractivity contribution in [3.63, 3.8) is 0 Å². The second-order valence-electron chi connectivity index (χ2n) is 17.7. The van der Waals surface area contributed by atoms with Gasteiger partial charge in [-0.05, 0) is 120 Å². The van der Waals surface area contributed by atoms with Crippen molar-refractivity contribution in [2.45, 2.75) is 0 Å². The molecule has 0 aliphatic rings. The van der Waals surface area contributed by atoms with Crippen LogP contribution in [0.2, 0.25) is 0 Å². The van der Waals surface area contributed by atoms with Gasteiger partial charge < -0.3 is 18.9 Å². The van der Waals surface area contributed by atoms with Crippen molar-refractivity contribution in [1.82, 2.24) is 9.13 Å². The first kappa shape index (κ1) is 40.9. The summed E-state index contributed by atoms with van der Waals surface area (Å²) < 4.78 is 4.83. The van der Waals surface area contributed by atoms with Crippen LogP contribution in [-0.4, -0.2) is 9.13 Å². The van der Waals surface area contributed by atoms with Crippen molar-refractivity contribution in [3.05, 3.63) is 279 Å². The van der Waals surface area contributed by atoms with Crippen LogP contribution in [0.5, 0.6) is 0 Å². The van der Waals surface area contributed by atoms with Gasteiger partial charge >= 0.3 is 0 Å². The smallest absolute Gasteiger partial charge is 0.0583 e. The van der Waals surface area contributed by atoms with Gasteiger partial charge in [-0.3, -0.25) is 0 Å². The van der Waals surface area contributed by atoms with Crippen molar-refractivity contribution in [2.24, 2.45) is 0 Å². The van der Waals surface area contributed by atoms with Crippen LogP contribution in [-0.2, 0) is 0 Å². The first-order chi connectivity index (χ1) is 34.8. The van der Waals surface area contributed by atoms with E-state index in [-0.39, 0.29) is 0 Å². The summed E-state index contributed by atoms with van der Waals surface area (Å²) in [6.07, 6.45) is 0. The molecule has 4 heteroatoms. The normalized spacial score (nSPS) is 11.4. The molecule has 0 fully saturated rings. The Morgan fingerprint density at radius 1 is 0.243 bits per heavy atom. The molecule has 0 unspecified atom stereocenters. The lowest BCUT2D eigenvalue weighted by molar-refractivity contribution is 1.17. The highest BCUT2D eigenvalue weighted by molar-refractivity contribution is 6.18. The van der Waals surface area contributed by atoms with Crippen molar-refractivity contribution < 1.29 is 0 Å². The maximum Gasteiger partial charge on any atom is 0.0583 e. The maximum atomic E-state index is 2.50. The number of fused-ring (bicyclic) bond motifs is 6. The summed E-state index contributed by atoms with van der Waals surface area (Å²) in [7, 11) is 0. The zero-order chi connectivity index (χ0) is 46.4. The molecule has 0 saturated heterocycles. The van der Waals surface area contributed by atoms with Crippen LogP contribution in [0.25, 0.3) is 77.2 Å². The minimum atomic E-state index is 1.02. The molecule has 0 saturated carbocycles. The summed E-state index contributed by atoms with van der Waals surface area (Å²) in [4.78, 5) is 4.92. The number of hydrogen-bond donors (Lipinski definition) is 0. The Bertz CT molecular complexity index is 3940. The Labute approximate surface area is 407 Å². The molecule has 0 N–H and O–H groups in total. The van der Waals surface area contributed by atoms with Gasteiger partial charge in [0.05, 0.1) is 39.1 Å². The summed E-state index contributed by atoms with van der Waals surface area (Å²) in [5, 5.41) is 4.73. The second-order valence-corrected chi connectivity index (χ2v) is 17.7. The predicted molar refractivity (Wildman–Crippen MR) is 295 cm³/mol. The summed E-state index contributed by atoms with van der Waals surface area (Å²) in [6.45, 7) is 0. The summed E-state index contributed by atoms with van der Waals surface area (Å²) in [5.74, 6) is 0. The molecule has 0 radical (unpaired) electrons. The van der Waals surface area contributed by atoms with Crippen LogP contribution in [0.3, 0.4) is 0 Å². The van der Waals surface area contributed by atoms with Gasteiger partial charge in [0.2, 0.25) is 0 Å². The van der Waals surface area contributed by atoms with E-state index in [2.05, 4.69) is 298 Å². The molecule has 0 amide bonds. The summed E-state index contributed by atoms with van der Waals surface area (Å²) in [5.41, 5.74) is 17.7. The number of para-hydroxylation sites is 6. The van der Waals surface area contributed by atoms with Crippen LogP contribution < -0.4 is 9.80 Å². The molecule has 0 atom stereocenters. The Hall–Kier alpha value is -9.38. The molecule has 0 spiro atoms. The van der Waals surface area contributed by atoms with Crippen molar-refractivity contribution in [3.8, 4) is 33.6 Å². The third-order valence-electron chi connectivity index (χ3n) is 13.6. The van der Waals surface area contributed by atoms with Gasteiger partial charge in [-0.15, -0.1) is 0 Å². The topological polar surface area (TPSA) is 16.3 Å². The van der Waals surface area contributed by atoms with Gasteiger partial charge in [0.15, 0.2) is 0 Å². The zero-order valence-electron chi connectivity index (χ0n) is 38.3. The maximum absolute atomic E-state index is 2.50. The first-order valence-corrected chi connectivity index (χ1v) is 23.9. The number of rotatable bonds is 10. The Kier molecular flexibility index (Phi) is 10.1. The molecular weight excluding hydrogens is 849 g/mol. The highest BCUT2D eigenvalue weighted by atomic mass is 15.2. The molecule has 4 nitrogen and oxygen atoms in total. The highest BCUT2D eigenvalue weighted by Gasteiger charge is 2.27. The van der Waals surface area contributed by atoms with E-state index in [0.29, 0.717) is 0 Å². The first-order valence-electron chi connectivity index (χ1n) is 23.9. The molecule has 70 heavy (non-hydrogen) atoms. The Morgan fingerprint density at radius 2 is 0.714 bits per heavy atom. The van der Waals surface area contributed by atoms with Crippen molar-refractivity contribution >= 4 is 77.7 Å². The van der Waals surface area contributed by atoms with Crippen LogP contribution in [0.4, 0.5) is 34.1 Å². The largest absolute Gasteiger partial charge is 0.310 e. The summed E-state index contributed by atoms with van der Waals surface area (Å²) >= 11 is 0. The molecule has 0 bridgehead atoms. The number of aromatic nitrogens is 2. The number of benzene rings is 11. The quantitative estimate of drug-likeness (QED) is 0.136. The monoisotopic (exact) mass is 894 g/mol. The third kappa shape index (κ3) is 7.01. The standard InChI is InChI=1S/C66H46N4/c1-7-23-47(24-8-1)49-39-41-62(58(43-49)48-25-9-2-10-26-48)68(54-40-42-63-59(44-54)56-35-19-21-37-60(56)69(63)52-31-15-5-16-32-52)55-45-64(67(50-27-11-3-12-28-50)51-29-13-4-14-30-51)66-57-36-20-22-38-61(57)70(65(66)46-55)53-33-17-6-18-34-53/h1-46H. The lowest BCUT2D eigenvalue weighted by Gasteiger charge is -2.32. The fourth-order valence-corrected chi connectivity index (χ4v) is 10.6. The van der Waals surface area contributed by atoms with Gasteiger partial charge in [-0.25, -0.2) is 0 Å². The Morgan fingerprint density at radius 3 is 1.33 bits per heavy atom. The van der Waals surface area contributed by atoms with E-state index in [1.807, 2.05) is 0 Å². The number of anilines is 6. The zero-order valence-corrected chi connectivity index (χ0v) is 38.3. The van der Waals surface area contributed by atoms with Crippen molar-refractivity contribution in [1.29, 1.82) is 0 Å². The molecule has 330 valence electrons. The third-order valence-corrected chi connectivity index (χ3v) is 13.6. The molecular formula is C66H46N4. The van der Waals surface area contributed by atoms with E-state index in [4.69, 9.17) is 0 Å². The van der Waals surface area contributed by atoms with E-state index >= 15 is 0 Å². The van der Waals surface area contributed by atoms with E-state index in [9.17, 15) is 0 Å². The molecule has 0 aliphatic heterocycles. The van der Waals surface area contributed by atoms with Gasteiger partial charge in [-0.1, -0.05) is 176 Å². The molecule has 13 rings (SSSR count). The van der Waals surface area contributed by atoms with Crippen molar-refractivity contribution in [2.75, 3.05) is 9.80 Å². The fourth-order valence-electron chi connectivity index (χ4n) is 10.6. The highest BCUT2D eigenvalue weighted by Crippen LogP contribution is 2.50. The average molecular weight is 895 g/mol. The summed E-state index contributed by atoms with van der Waals surface area (Å²) in [6, 6.07) is 101. The molecule has 0 aliphatic carbocycles. The molecule has 2 heterocycles. The number of hydrogen-bond acceptors (Lipinski definition) is 2. The molecule has 11 aromatic carbocycles. The lowest BCUT2D eigenvalue weighted by Crippen LogP contribution is -2.14. The average Bonchev–Trinajstić information content (AvgIpc) is 3.95. The van der Waals surface area contributed by atoms with Gasteiger partial charge in [0.1, 0.15) is 0 Å². The van der Waals surface area contributed by atoms with Crippen LogP contribution in [0, 0.1) is 0 Å². The molecule has 13 aromatic rings. The van der Waals surface area contributed by atoms with Crippen LogP contribution in [0.1, 0.15) is 0 Å². The van der Waals surface area contributed by atoms with E-state index in [1.54, 1.807) is 0 Å². The van der Waals surface area contributed by atoms with Crippen LogP contribution in [0.15, 0.2) is 279 Å². The van der Waals surface area contributed by atoms with E-state index in [0.717, 1.165) is 78.7 Å². The SMILES string of the molecule is c1ccc(-c2ccc(N(c3ccc4c(c3)c3ccccc3n4-c3ccccc3)c3cc(N(c4ccccc4)c4ccccc4)c4c5ccccc5n(-c5ccccc5)c4c3)c(-c3ccccc3)c2)cc1. The lowest BCUT2D eigenvalue weighted by atomic mass is 9.96. The van der Waals surface area contributed by atoms with Gasteiger partial charge in [0, 0.05) is 55.5 Å². The predicted octanol–water partition coefficient (Wildman–Crippen LogP) is 18.2. The number of nitrogens with zero attached hydrogens (tertiary/aromatic N) is 4. The fraction of sp³-hybridized carbons (Fsp3) is 0. The minimum absolute atomic E-state index is 1.02. The van der Waals surface area contributed by atoms with Gasteiger partial charge in [0.25, 0.3) is 0 Å². The Balaban J connectivity index is 1.17.